The fraction of sp³-hybridized carbons (Fsp3) is 0.345. The van der Waals surface area contributed by atoms with E-state index in [0.29, 0.717) is 37.5 Å². The number of nitrogens with one attached hydrogen (secondary N) is 1. The van der Waals surface area contributed by atoms with Gasteiger partial charge in [-0.15, -0.1) is 0 Å². The Balaban J connectivity index is 1.31. The third kappa shape index (κ3) is 5.75. The van der Waals surface area contributed by atoms with E-state index in [1.54, 1.807) is 0 Å². The van der Waals surface area contributed by atoms with Crippen molar-refractivity contribution in [3.05, 3.63) is 67.1 Å². The Hall–Kier alpha value is -3.91. The van der Waals surface area contributed by atoms with E-state index in [1.807, 2.05) is 61.5 Å². The van der Waals surface area contributed by atoms with Gasteiger partial charge in [-0.05, 0) is 62.4 Å². The monoisotopic (exact) mass is 499 g/mol. The average Bonchev–Trinajstić information content (AvgIpc) is 3.31. The third-order valence-electron chi connectivity index (χ3n) is 6.94. The molecule has 0 bridgehead atoms. The summed E-state index contributed by atoms with van der Waals surface area (Å²) in [6, 6.07) is 18.5. The molecule has 5 rings (SSSR count). The van der Waals surface area contributed by atoms with E-state index in [0.717, 1.165) is 59.3 Å². The second-order valence-corrected chi connectivity index (χ2v) is 9.36. The van der Waals surface area contributed by atoms with Gasteiger partial charge in [0.15, 0.2) is 0 Å². The smallest absolute Gasteiger partial charge is 0.307 e. The standard InChI is InChI=1S/C29H33N5O3/c1-2-36-26(35)16-17-31-21-10-12-22(13-11-21)34-18-25(27-28(30)32-19-33-29(27)34)20-8-14-24(15-9-20)37-23-6-4-3-5-7-23/h3-9,14-15,18-19,21-22,31H,2,10-13,16-17H2,1H3,(H2,30,32,33)/t21-,22+. The molecule has 0 saturated heterocycles. The van der Waals surface area contributed by atoms with Gasteiger partial charge in [-0.1, -0.05) is 30.3 Å². The summed E-state index contributed by atoms with van der Waals surface area (Å²) in [5.41, 5.74) is 9.29. The Kier molecular flexibility index (Phi) is 7.65. The lowest BCUT2D eigenvalue weighted by atomic mass is 9.91. The summed E-state index contributed by atoms with van der Waals surface area (Å²) in [6.45, 7) is 2.91. The van der Waals surface area contributed by atoms with E-state index in [4.69, 9.17) is 15.2 Å². The molecule has 2 heterocycles. The van der Waals surface area contributed by atoms with Crippen LogP contribution in [0.5, 0.6) is 11.5 Å². The number of fused-ring (bicyclic) bond motifs is 1. The van der Waals surface area contributed by atoms with Crippen LogP contribution >= 0.6 is 0 Å². The number of hydrogen-bond donors (Lipinski definition) is 2. The number of nitrogens with two attached hydrogens (primary N) is 1. The minimum atomic E-state index is -0.146. The van der Waals surface area contributed by atoms with E-state index < -0.39 is 0 Å². The molecule has 1 aliphatic carbocycles. The number of benzene rings is 2. The SMILES string of the molecule is CCOC(=O)CCN[C@H]1CC[C@@H](n2cc(-c3ccc(Oc4ccccc4)cc3)c3c(N)ncnc32)CC1. The summed E-state index contributed by atoms with van der Waals surface area (Å²) in [5, 5.41) is 4.40. The van der Waals surface area contributed by atoms with Gasteiger partial charge in [-0.25, -0.2) is 9.97 Å². The zero-order chi connectivity index (χ0) is 25.6. The van der Waals surface area contributed by atoms with Gasteiger partial charge in [0.05, 0.1) is 18.4 Å². The zero-order valence-corrected chi connectivity index (χ0v) is 21.1. The Morgan fingerprint density at radius 2 is 1.76 bits per heavy atom. The number of anilines is 1. The summed E-state index contributed by atoms with van der Waals surface area (Å²) < 4.78 is 13.2. The first kappa shape index (κ1) is 24.8. The van der Waals surface area contributed by atoms with Gasteiger partial charge in [0.2, 0.25) is 0 Å². The molecular weight excluding hydrogens is 466 g/mol. The molecule has 0 spiro atoms. The molecule has 37 heavy (non-hydrogen) atoms. The van der Waals surface area contributed by atoms with Crippen molar-refractivity contribution in [1.82, 2.24) is 19.9 Å². The lowest BCUT2D eigenvalue weighted by Gasteiger charge is -2.30. The molecule has 4 aromatic rings. The van der Waals surface area contributed by atoms with E-state index in [1.165, 1.54) is 6.33 Å². The van der Waals surface area contributed by atoms with Crippen LogP contribution in [0.1, 0.15) is 45.1 Å². The molecule has 3 N–H and O–H groups in total. The number of para-hydroxylation sites is 1. The number of aromatic nitrogens is 3. The quantitative estimate of drug-likeness (QED) is 0.293. The maximum Gasteiger partial charge on any atom is 0.307 e. The topological polar surface area (TPSA) is 104 Å². The highest BCUT2D eigenvalue weighted by atomic mass is 16.5. The number of hydrogen-bond acceptors (Lipinski definition) is 7. The lowest BCUT2D eigenvalue weighted by molar-refractivity contribution is -0.143. The molecule has 8 heteroatoms. The number of carbonyl (C=O) groups excluding carboxylic acids is 1. The minimum absolute atomic E-state index is 0.146. The molecule has 2 aromatic carbocycles. The van der Waals surface area contributed by atoms with Crippen molar-refractivity contribution in [2.75, 3.05) is 18.9 Å². The van der Waals surface area contributed by atoms with Gasteiger partial charge in [-0.2, -0.15) is 0 Å². The first-order chi connectivity index (χ1) is 18.1. The molecule has 1 aliphatic rings. The van der Waals surface area contributed by atoms with E-state index >= 15 is 0 Å². The Morgan fingerprint density at radius 3 is 2.49 bits per heavy atom. The normalized spacial score (nSPS) is 17.5. The van der Waals surface area contributed by atoms with Crippen LogP contribution in [-0.2, 0) is 9.53 Å². The van der Waals surface area contributed by atoms with Crippen molar-refractivity contribution in [1.29, 1.82) is 0 Å². The second kappa shape index (κ2) is 11.4. The second-order valence-electron chi connectivity index (χ2n) is 9.36. The molecule has 0 unspecified atom stereocenters. The Labute approximate surface area is 216 Å². The van der Waals surface area contributed by atoms with Crippen LogP contribution < -0.4 is 15.8 Å². The number of rotatable bonds is 9. The minimum Gasteiger partial charge on any atom is -0.466 e. The molecule has 8 nitrogen and oxygen atoms in total. The highest BCUT2D eigenvalue weighted by molar-refractivity contribution is 6.00. The molecule has 1 saturated carbocycles. The highest BCUT2D eigenvalue weighted by Crippen LogP contribution is 2.38. The molecule has 0 atom stereocenters. The van der Waals surface area contributed by atoms with Gasteiger partial charge in [0.1, 0.15) is 29.3 Å². The maximum absolute atomic E-state index is 11.6. The number of carbonyl (C=O) groups is 1. The van der Waals surface area contributed by atoms with Gasteiger partial charge in [0, 0.05) is 30.4 Å². The predicted molar refractivity (Wildman–Crippen MR) is 144 cm³/mol. The number of ether oxygens (including phenoxy) is 2. The van der Waals surface area contributed by atoms with E-state index in [9.17, 15) is 4.79 Å². The van der Waals surface area contributed by atoms with Gasteiger partial charge in [-0.3, -0.25) is 4.79 Å². The molecule has 192 valence electrons. The fourth-order valence-electron chi connectivity index (χ4n) is 5.10. The van der Waals surface area contributed by atoms with Crippen LogP contribution in [0.15, 0.2) is 67.1 Å². The van der Waals surface area contributed by atoms with Gasteiger partial charge >= 0.3 is 5.97 Å². The van der Waals surface area contributed by atoms with Crippen LogP contribution in [0.3, 0.4) is 0 Å². The largest absolute Gasteiger partial charge is 0.466 e. The average molecular weight is 500 g/mol. The van der Waals surface area contributed by atoms with Gasteiger partial charge < -0.3 is 25.1 Å². The van der Waals surface area contributed by atoms with Crippen molar-refractivity contribution < 1.29 is 14.3 Å². The van der Waals surface area contributed by atoms with Crippen molar-refractivity contribution in [3.8, 4) is 22.6 Å². The first-order valence-electron chi connectivity index (χ1n) is 13.0. The lowest BCUT2D eigenvalue weighted by Crippen LogP contribution is -2.35. The molecule has 0 amide bonds. The molecule has 1 fully saturated rings. The summed E-state index contributed by atoms with van der Waals surface area (Å²) in [7, 11) is 0. The molecule has 0 aliphatic heterocycles. The maximum atomic E-state index is 11.6. The van der Waals surface area contributed by atoms with Crippen LogP contribution in [0.2, 0.25) is 0 Å². The number of nitrogen functional groups attached to an aromatic ring is 1. The zero-order valence-electron chi connectivity index (χ0n) is 21.1. The first-order valence-corrected chi connectivity index (χ1v) is 13.0. The van der Waals surface area contributed by atoms with E-state index in [-0.39, 0.29) is 5.97 Å². The summed E-state index contributed by atoms with van der Waals surface area (Å²) >= 11 is 0. The van der Waals surface area contributed by atoms with Crippen molar-refractivity contribution in [3.63, 3.8) is 0 Å². The van der Waals surface area contributed by atoms with Crippen LogP contribution in [0.25, 0.3) is 22.2 Å². The Bertz CT molecular complexity index is 1330. The van der Waals surface area contributed by atoms with Crippen LogP contribution in [0, 0.1) is 0 Å². The number of esters is 1. The summed E-state index contributed by atoms with van der Waals surface area (Å²) in [5.74, 6) is 1.91. The number of nitrogens with zero attached hydrogens (tertiary/aromatic N) is 3. The van der Waals surface area contributed by atoms with Crippen molar-refractivity contribution in [2.45, 2.75) is 51.1 Å². The van der Waals surface area contributed by atoms with Crippen LogP contribution in [0.4, 0.5) is 5.82 Å². The fourth-order valence-corrected chi connectivity index (χ4v) is 5.10. The van der Waals surface area contributed by atoms with Crippen molar-refractivity contribution >= 4 is 22.8 Å². The van der Waals surface area contributed by atoms with Crippen LogP contribution in [-0.4, -0.2) is 39.7 Å². The van der Waals surface area contributed by atoms with E-state index in [2.05, 4.69) is 26.0 Å². The summed E-state index contributed by atoms with van der Waals surface area (Å²) in [4.78, 5) is 20.5. The highest BCUT2D eigenvalue weighted by Gasteiger charge is 2.25. The Morgan fingerprint density at radius 1 is 1.03 bits per heavy atom. The predicted octanol–water partition coefficient (Wildman–Crippen LogP) is 5.50. The summed E-state index contributed by atoms with van der Waals surface area (Å²) in [6.07, 6.45) is 8.23. The van der Waals surface area contributed by atoms with Gasteiger partial charge in [0.25, 0.3) is 0 Å². The molecule has 2 aromatic heterocycles. The molecular formula is C29H33N5O3. The third-order valence-corrected chi connectivity index (χ3v) is 6.94. The molecule has 0 radical (unpaired) electrons. The van der Waals surface area contributed by atoms with Crippen molar-refractivity contribution in [2.24, 2.45) is 0 Å².